The van der Waals surface area contributed by atoms with E-state index in [0.29, 0.717) is 28.3 Å². The lowest BCUT2D eigenvalue weighted by atomic mass is 10.1. The molecule has 3 aromatic rings. The fraction of sp³-hybridized carbons (Fsp3) is 0.160. The van der Waals surface area contributed by atoms with E-state index in [1.165, 1.54) is 0 Å². The lowest BCUT2D eigenvalue weighted by Crippen LogP contribution is -2.29. The lowest BCUT2D eigenvalue weighted by molar-refractivity contribution is -0.141. The number of rotatable bonds is 5. The van der Waals surface area contributed by atoms with Gasteiger partial charge in [0.05, 0.1) is 16.8 Å². The number of fused-ring (bicyclic) bond motifs is 1. The van der Waals surface area contributed by atoms with Gasteiger partial charge in [0.2, 0.25) is 0 Å². The Bertz CT molecular complexity index is 1150. The molecule has 2 amide bonds. The van der Waals surface area contributed by atoms with E-state index >= 15 is 0 Å². The van der Waals surface area contributed by atoms with Crippen molar-refractivity contribution in [2.24, 2.45) is 0 Å². The number of nitrogens with zero attached hydrogens (tertiary/aromatic N) is 1. The zero-order valence-electron chi connectivity index (χ0n) is 17.4. The maximum absolute atomic E-state index is 12.6. The Kier molecular flexibility index (Phi) is 5.29. The molecule has 1 heterocycles. The third-order valence-electron chi connectivity index (χ3n) is 5.09. The van der Waals surface area contributed by atoms with Crippen LogP contribution in [0.2, 0.25) is 0 Å². The van der Waals surface area contributed by atoms with Crippen molar-refractivity contribution in [1.29, 1.82) is 0 Å². The highest BCUT2D eigenvalue weighted by molar-refractivity contribution is 6.34. The molecule has 1 atom stereocenters. The van der Waals surface area contributed by atoms with E-state index in [1.54, 1.807) is 55.5 Å². The summed E-state index contributed by atoms with van der Waals surface area (Å²) in [5.74, 6) is -0.372. The summed E-state index contributed by atoms with van der Waals surface area (Å²) in [7, 11) is 0. The van der Waals surface area contributed by atoms with E-state index in [-0.39, 0.29) is 11.8 Å². The highest BCUT2D eigenvalue weighted by Gasteiger charge is 2.36. The predicted octanol–water partition coefficient (Wildman–Crippen LogP) is 4.48. The van der Waals surface area contributed by atoms with Crippen molar-refractivity contribution in [1.82, 2.24) is 0 Å². The molecule has 0 saturated carbocycles. The number of carbonyl (C=O) groups excluding carboxylic acids is 3. The summed E-state index contributed by atoms with van der Waals surface area (Å²) in [5, 5.41) is 0. The molecule has 4 rings (SSSR count). The van der Waals surface area contributed by atoms with Gasteiger partial charge in [-0.25, -0.2) is 9.69 Å². The van der Waals surface area contributed by atoms with E-state index in [2.05, 4.69) is 0 Å². The van der Waals surface area contributed by atoms with Crippen molar-refractivity contribution in [2.75, 3.05) is 4.90 Å². The second-order valence-electron chi connectivity index (χ2n) is 7.44. The molecule has 1 unspecified atom stereocenters. The first-order valence-electron chi connectivity index (χ1n) is 9.88. The highest BCUT2D eigenvalue weighted by atomic mass is 16.6. The minimum atomic E-state index is -0.809. The average Bonchev–Trinajstić information content (AvgIpc) is 3.02. The second-order valence-corrected chi connectivity index (χ2v) is 7.44. The fourth-order valence-corrected chi connectivity index (χ4v) is 3.36. The Morgan fingerprint density at radius 3 is 2.10 bits per heavy atom. The van der Waals surface area contributed by atoms with Crippen LogP contribution in [0.15, 0.2) is 66.7 Å². The van der Waals surface area contributed by atoms with Crippen LogP contribution in [-0.2, 0) is 4.79 Å². The Morgan fingerprint density at radius 2 is 1.48 bits per heavy atom. The number of aryl methyl sites for hydroxylation is 2. The molecule has 0 bridgehead atoms. The van der Waals surface area contributed by atoms with Crippen molar-refractivity contribution in [2.45, 2.75) is 26.9 Å². The quantitative estimate of drug-likeness (QED) is 0.349. The first-order valence-corrected chi connectivity index (χ1v) is 9.88. The number of anilines is 1. The zero-order chi connectivity index (χ0) is 22.1. The van der Waals surface area contributed by atoms with Gasteiger partial charge in [-0.05, 0) is 74.4 Å². The molecular formula is C25H21NO5. The Balaban J connectivity index is 1.44. The molecule has 0 spiro atoms. The molecule has 0 aromatic heterocycles. The van der Waals surface area contributed by atoms with E-state index < -0.39 is 12.1 Å². The summed E-state index contributed by atoms with van der Waals surface area (Å²) in [5.41, 5.74) is 3.12. The molecule has 0 radical (unpaired) electrons. The third kappa shape index (κ3) is 3.92. The standard InChI is InChI=1S/C25H21NO5/c1-15-8-9-16(2)22(14-15)30-17(3)25(29)31-19-12-10-18(11-13-19)26-23(27)20-6-4-5-7-21(20)24(26)28/h4-14,17H,1-3H3. The molecule has 0 fully saturated rings. The number of benzene rings is 3. The van der Waals surface area contributed by atoms with E-state index in [9.17, 15) is 14.4 Å². The Labute approximate surface area is 180 Å². The van der Waals surface area contributed by atoms with Crippen LogP contribution in [0, 0.1) is 13.8 Å². The normalized spacial score (nSPS) is 13.7. The largest absolute Gasteiger partial charge is 0.479 e. The van der Waals surface area contributed by atoms with Crippen molar-refractivity contribution >= 4 is 23.5 Å². The fourth-order valence-electron chi connectivity index (χ4n) is 3.36. The molecule has 1 aliphatic heterocycles. The van der Waals surface area contributed by atoms with Crippen LogP contribution < -0.4 is 14.4 Å². The summed E-state index contributed by atoms with van der Waals surface area (Å²) in [6, 6.07) is 18.7. The number of carbonyl (C=O) groups is 3. The Morgan fingerprint density at radius 1 is 0.871 bits per heavy atom. The van der Waals surface area contributed by atoms with Crippen molar-refractivity contribution < 1.29 is 23.9 Å². The molecule has 6 heteroatoms. The summed E-state index contributed by atoms with van der Waals surface area (Å²) in [6.45, 7) is 5.48. The SMILES string of the molecule is Cc1ccc(C)c(OC(C)C(=O)Oc2ccc(N3C(=O)c4ccccc4C3=O)cc2)c1. The van der Waals surface area contributed by atoms with Gasteiger partial charge >= 0.3 is 5.97 Å². The van der Waals surface area contributed by atoms with Crippen molar-refractivity contribution in [3.63, 3.8) is 0 Å². The van der Waals surface area contributed by atoms with E-state index in [1.807, 2.05) is 32.0 Å². The topological polar surface area (TPSA) is 72.9 Å². The molecule has 6 nitrogen and oxygen atoms in total. The van der Waals surface area contributed by atoms with Gasteiger partial charge in [0.25, 0.3) is 11.8 Å². The number of hydrogen-bond acceptors (Lipinski definition) is 5. The molecule has 1 aliphatic rings. The molecule has 0 saturated heterocycles. The van der Waals surface area contributed by atoms with E-state index in [4.69, 9.17) is 9.47 Å². The van der Waals surface area contributed by atoms with Crippen LogP contribution in [0.3, 0.4) is 0 Å². The maximum atomic E-state index is 12.6. The summed E-state index contributed by atoms with van der Waals surface area (Å²) < 4.78 is 11.2. The third-order valence-corrected chi connectivity index (χ3v) is 5.09. The second kappa shape index (κ2) is 8.07. The minimum Gasteiger partial charge on any atom is -0.479 e. The van der Waals surface area contributed by atoms with Gasteiger partial charge in [0, 0.05) is 0 Å². The van der Waals surface area contributed by atoms with Gasteiger partial charge in [-0.1, -0.05) is 24.3 Å². The van der Waals surface area contributed by atoms with Crippen LogP contribution in [0.1, 0.15) is 38.8 Å². The first-order chi connectivity index (χ1) is 14.8. The number of esters is 1. The van der Waals surface area contributed by atoms with Crippen LogP contribution in [0.5, 0.6) is 11.5 Å². The molecule has 31 heavy (non-hydrogen) atoms. The molecular weight excluding hydrogens is 394 g/mol. The zero-order valence-corrected chi connectivity index (χ0v) is 17.4. The van der Waals surface area contributed by atoms with Gasteiger partial charge in [-0.15, -0.1) is 0 Å². The van der Waals surface area contributed by atoms with Gasteiger partial charge in [-0.3, -0.25) is 9.59 Å². The van der Waals surface area contributed by atoms with Crippen LogP contribution in [0.4, 0.5) is 5.69 Å². The van der Waals surface area contributed by atoms with E-state index in [0.717, 1.165) is 16.0 Å². The first kappa shape index (κ1) is 20.3. The minimum absolute atomic E-state index is 0.293. The molecule has 3 aromatic carbocycles. The molecule has 0 N–H and O–H groups in total. The number of ether oxygens (including phenoxy) is 2. The van der Waals surface area contributed by atoms with Gasteiger partial charge in [0.1, 0.15) is 11.5 Å². The number of imide groups is 1. The number of hydrogen-bond donors (Lipinski definition) is 0. The Hall–Kier alpha value is -3.93. The smallest absolute Gasteiger partial charge is 0.352 e. The van der Waals surface area contributed by atoms with Crippen LogP contribution >= 0.6 is 0 Å². The van der Waals surface area contributed by atoms with Crippen molar-refractivity contribution in [3.05, 3.63) is 89.0 Å². The summed E-state index contributed by atoms with van der Waals surface area (Å²) in [6.07, 6.45) is -0.809. The summed E-state index contributed by atoms with van der Waals surface area (Å²) >= 11 is 0. The highest BCUT2D eigenvalue weighted by Crippen LogP contribution is 2.29. The van der Waals surface area contributed by atoms with Crippen LogP contribution in [0.25, 0.3) is 0 Å². The lowest BCUT2D eigenvalue weighted by Gasteiger charge is -2.17. The number of amides is 2. The average molecular weight is 415 g/mol. The predicted molar refractivity (Wildman–Crippen MR) is 116 cm³/mol. The van der Waals surface area contributed by atoms with Gasteiger partial charge in [0.15, 0.2) is 6.10 Å². The maximum Gasteiger partial charge on any atom is 0.352 e. The van der Waals surface area contributed by atoms with Gasteiger partial charge in [-0.2, -0.15) is 0 Å². The monoisotopic (exact) mass is 415 g/mol. The molecule has 156 valence electrons. The van der Waals surface area contributed by atoms with Crippen molar-refractivity contribution in [3.8, 4) is 11.5 Å². The molecule has 0 aliphatic carbocycles. The summed E-state index contributed by atoms with van der Waals surface area (Å²) in [4.78, 5) is 38.7. The van der Waals surface area contributed by atoms with Gasteiger partial charge < -0.3 is 9.47 Å². The van der Waals surface area contributed by atoms with Crippen LogP contribution in [-0.4, -0.2) is 23.9 Å².